The molecule has 0 saturated carbocycles. The lowest BCUT2D eigenvalue weighted by molar-refractivity contribution is -0.137. The Morgan fingerprint density at radius 1 is 1.06 bits per heavy atom. The number of hydrogen-bond donors (Lipinski definition) is 2. The van der Waals surface area contributed by atoms with Gasteiger partial charge in [0.25, 0.3) is 5.91 Å². The van der Waals surface area contributed by atoms with Gasteiger partial charge in [0.15, 0.2) is 0 Å². The van der Waals surface area contributed by atoms with Gasteiger partial charge in [-0.05, 0) is 42.0 Å². The number of rotatable bonds is 3. The van der Waals surface area contributed by atoms with E-state index in [0.717, 1.165) is 0 Å². The Bertz CT molecular complexity index is 1230. The van der Waals surface area contributed by atoms with E-state index in [0.29, 0.717) is 34.3 Å². The minimum Gasteiger partial charge on any atom is -0.410 e. The lowest BCUT2D eigenvalue weighted by atomic mass is 9.95. The van der Waals surface area contributed by atoms with Crippen molar-refractivity contribution in [1.82, 2.24) is 5.32 Å². The van der Waals surface area contributed by atoms with Crippen LogP contribution in [0.5, 0.6) is 5.75 Å². The van der Waals surface area contributed by atoms with E-state index in [2.05, 4.69) is 10.6 Å². The minimum atomic E-state index is -4.82. The van der Waals surface area contributed by atoms with Crippen LogP contribution in [0.1, 0.15) is 33.1 Å². The van der Waals surface area contributed by atoms with E-state index in [-0.39, 0.29) is 11.4 Å². The highest BCUT2D eigenvalue weighted by atomic mass is 35.5. The zero-order chi connectivity index (χ0) is 23.0. The largest absolute Gasteiger partial charge is 0.416 e. The SMILES string of the molecule is O=C1NC(c2ccccc2Cl)c2c(NC(=O)c3cc(F)cc(C(F)(F)F)c3)cccc2O1. The van der Waals surface area contributed by atoms with Crippen molar-refractivity contribution in [3.8, 4) is 5.75 Å². The highest BCUT2D eigenvalue weighted by Crippen LogP contribution is 2.41. The third-order valence-corrected chi connectivity index (χ3v) is 5.12. The minimum absolute atomic E-state index is 0.131. The fourth-order valence-corrected chi connectivity index (χ4v) is 3.63. The van der Waals surface area contributed by atoms with Crippen LogP contribution in [0.2, 0.25) is 5.02 Å². The highest BCUT2D eigenvalue weighted by molar-refractivity contribution is 6.31. The number of benzene rings is 3. The van der Waals surface area contributed by atoms with Gasteiger partial charge in [0.2, 0.25) is 0 Å². The van der Waals surface area contributed by atoms with Gasteiger partial charge >= 0.3 is 12.3 Å². The van der Waals surface area contributed by atoms with E-state index in [1.54, 1.807) is 24.3 Å². The summed E-state index contributed by atoms with van der Waals surface area (Å²) in [5, 5.41) is 5.43. The molecule has 2 amide bonds. The molecule has 0 radical (unpaired) electrons. The quantitative estimate of drug-likeness (QED) is 0.471. The van der Waals surface area contributed by atoms with E-state index in [1.165, 1.54) is 18.2 Å². The number of fused-ring (bicyclic) bond motifs is 1. The summed E-state index contributed by atoms with van der Waals surface area (Å²) in [6.07, 6.45) is -5.57. The van der Waals surface area contributed by atoms with E-state index in [1.807, 2.05) is 0 Å². The fraction of sp³-hybridized carbons (Fsp3) is 0.0909. The Morgan fingerprint density at radius 3 is 2.53 bits per heavy atom. The second kappa shape index (κ2) is 8.16. The summed E-state index contributed by atoms with van der Waals surface area (Å²) in [7, 11) is 0. The Labute approximate surface area is 184 Å². The molecule has 2 N–H and O–H groups in total. The molecule has 1 atom stereocenters. The van der Waals surface area contributed by atoms with Crippen LogP contribution in [0.4, 0.5) is 28.0 Å². The molecule has 1 aliphatic rings. The molecule has 0 aromatic heterocycles. The van der Waals surface area contributed by atoms with Crippen molar-refractivity contribution in [2.45, 2.75) is 12.2 Å². The summed E-state index contributed by atoms with van der Waals surface area (Å²) >= 11 is 6.28. The third kappa shape index (κ3) is 4.24. The molecule has 32 heavy (non-hydrogen) atoms. The predicted molar refractivity (Wildman–Crippen MR) is 108 cm³/mol. The second-order valence-electron chi connectivity index (χ2n) is 6.89. The monoisotopic (exact) mass is 464 g/mol. The maximum atomic E-state index is 13.7. The van der Waals surface area contributed by atoms with Gasteiger partial charge in [-0.3, -0.25) is 4.79 Å². The molecular weight excluding hydrogens is 452 g/mol. The number of alkyl halides is 3. The van der Waals surface area contributed by atoms with Crippen LogP contribution in [-0.4, -0.2) is 12.0 Å². The Kier molecular flexibility index (Phi) is 5.52. The van der Waals surface area contributed by atoms with Gasteiger partial charge in [0.05, 0.1) is 17.3 Å². The smallest absolute Gasteiger partial charge is 0.410 e. The molecule has 3 aromatic rings. The van der Waals surface area contributed by atoms with Gasteiger partial charge < -0.3 is 15.4 Å². The zero-order valence-corrected chi connectivity index (χ0v) is 16.7. The molecule has 10 heteroatoms. The van der Waals surface area contributed by atoms with Crippen LogP contribution < -0.4 is 15.4 Å². The lowest BCUT2D eigenvalue weighted by Gasteiger charge is -2.29. The fourth-order valence-electron chi connectivity index (χ4n) is 3.38. The molecule has 1 unspecified atom stereocenters. The van der Waals surface area contributed by atoms with Gasteiger partial charge in [0.1, 0.15) is 11.6 Å². The van der Waals surface area contributed by atoms with Gasteiger partial charge in [0, 0.05) is 16.1 Å². The molecular formula is C22H13ClF4N2O3. The van der Waals surface area contributed by atoms with E-state index in [4.69, 9.17) is 16.3 Å². The van der Waals surface area contributed by atoms with Gasteiger partial charge in [-0.2, -0.15) is 13.2 Å². The Hall–Kier alpha value is -3.59. The number of halogens is 5. The van der Waals surface area contributed by atoms with Crippen LogP contribution in [0, 0.1) is 5.82 Å². The van der Waals surface area contributed by atoms with Crippen molar-refractivity contribution >= 4 is 29.3 Å². The first kappa shape index (κ1) is 21.6. The first-order chi connectivity index (χ1) is 15.1. The molecule has 1 heterocycles. The average Bonchev–Trinajstić information content (AvgIpc) is 2.72. The van der Waals surface area contributed by atoms with Gasteiger partial charge in [-0.15, -0.1) is 0 Å². The van der Waals surface area contributed by atoms with Gasteiger partial charge in [-0.1, -0.05) is 35.9 Å². The molecule has 5 nitrogen and oxygen atoms in total. The third-order valence-electron chi connectivity index (χ3n) is 4.77. The molecule has 0 saturated heterocycles. The Balaban J connectivity index is 1.75. The summed E-state index contributed by atoms with van der Waals surface area (Å²) in [5.74, 6) is -2.05. The number of nitrogens with one attached hydrogen (secondary N) is 2. The number of ether oxygens (including phenoxy) is 1. The second-order valence-corrected chi connectivity index (χ2v) is 7.29. The summed E-state index contributed by atoms with van der Waals surface area (Å²) < 4.78 is 57.9. The zero-order valence-electron chi connectivity index (χ0n) is 16.0. The number of amides is 2. The molecule has 3 aromatic carbocycles. The van der Waals surface area contributed by atoms with Crippen molar-refractivity contribution < 1.29 is 31.9 Å². The van der Waals surface area contributed by atoms with Crippen LogP contribution in [0.25, 0.3) is 0 Å². The van der Waals surface area contributed by atoms with Crippen molar-refractivity contribution in [2.75, 3.05) is 5.32 Å². The molecule has 0 spiro atoms. The normalized spacial score (nSPS) is 15.4. The lowest BCUT2D eigenvalue weighted by Crippen LogP contribution is -2.37. The molecule has 1 aliphatic heterocycles. The number of carbonyl (C=O) groups excluding carboxylic acids is 2. The standard InChI is InChI=1S/C22H13ClF4N2O3/c23-15-5-2-1-4-14(15)19-18-16(6-3-7-17(18)32-21(31)29-19)28-20(30)11-8-12(22(25,26)27)10-13(24)9-11/h1-10,19H,(H,28,30)(H,29,31). The number of anilines is 1. The van der Waals surface area contributed by atoms with E-state index < -0.39 is 41.2 Å². The summed E-state index contributed by atoms with van der Waals surface area (Å²) in [4.78, 5) is 24.7. The summed E-state index contributed by atoms with van der Waals surface area (Å²) in [6, 6.07) is 11.9. The van der Waals surface area contributed by atoms with Crippen LogP contribution in [0.3, 0.4) is 0 Å². The predicted octanol–water partition coefficient (Wildman–Crippen LogP) is 5.94. The van der Waals surface area contributed by atoms with E-state index >= 15 is 0 Å². The molecule has 0 aliphatic carbocycles. The molecule has 0 bridgehead atoms. The molecule has 4 rings (SSSR count). The Morgan fingerprint density at radius 2 is 1.81 bits per heavy atom. The van der Waals surface area contributed by atoms with Crippen LogP contribution >= 0.6 is 11.6 Å². The van der Waals surface area contributed by atoms with Crippen molar-refractivity contribution in [3.63, 3.8) is 0 Å². The average molecular weight is 465 g/mol. The maximum absolute atomic E-state index is 13.7. The number of hydrogen-bond acceptors (Lipinski definition) is 3. The van der Waals surface area contributed by atoms with Crippen molar-refractivity contribution in [2.24, 2.45) is 0 Å². The first-order valence-electron chi connectivity index (χ1n) is 9.18. The van der Waals surface area contributed by atoms with E-state index in [9.17, 15) is 27.2 Å². The van der Waals surface area contributed by atoms with Crippen LogP contribution in [0.15, 0.2) is 60.7 Å². The highest BCUT2D eigenvalue weighted by Gasteiger charge is 2.33. The van der Waals surface area contributed by atoms with Crippen molar-refractivity contribution in [3.05, 3.63) is 93.8 Å². The first-order valence-corrected chi connectivity index (χ1v) is 9.56. The van der Waals surface area contributed by atoms with Gasteiger partial charge in [-0.25, -0.2) is 9.18 Å². The summed E-state index contributed by atoms with van der Waals surface area (Å²) in [5.41, 5.74) is -0.817. The number of carbonyl (C=O) groups is 2. The topological polar surface area (TPSA) is 67.4 Å². The maximum Gasteiger partial charge on any atom is 0.416 e. The molecule has 164 valence electrons. The summed E-state index contributed by atoms with van der Waals surface area (Å²) in [6.45, 7) is 0. The molecule has 0 fully saturated rings. The van der Waals surface area contributed by atoms with Crippen molar-refractivity contribution in [1.29, 1.82) is 0 Å². The van der Waals surface area contributed by atoms with Crippen LogP contribution in [-0.2, 0) is 6.18 Å².